The minimum Gasteiger partial charge on any atom is -0.461 e. The van der Waals surface area contributed by atoms with Gasteiger partial charge in [0, 0.05) is 6.54 Å². The Labute approximate surface area is 112 Å². The first-order valence-corrected chi connectivity index (χ1v) is 6.49. The molecule has 1 aromatic carbocycles. The highest BCUT2D eigenvalue weighted by molar-refractivity contribution is 6.33. The second-order valence-corrected chi connectivity index (χ2v) is 4.83. The Bertz CT molecular complexity index is 431. The number of hydrogen-bond acceptors (Lipinski definition) is 4. The molecule has 1 saturated heterocycles. The normalized spacial score (nSPS) is 15.8. The first-order valence-electron chi connectivity index (χ1n) is 6.11. The average molecular weight is 269 g/mol. The van der Waals surface area contributed by atoms with Crippen molar-refractivity contribution >= 4 is 23.3 Å². The molecule has 2 rings (SSSR count). The van der Waals surface area contributed by atoms with Crippen molar-refractivity contribution in [2.75, 3.05) is 32.0 Å². The fourth-order valence-electron chi connectivity index (χ4n) is 2.03. The fraction of sp³-hybridized carbons (Fsp3) is 0.462. The lowest BCUT2D eigenvalue weighted by atomic mass is 10.2. The maximum absolute atomic E-state index is 11.7. The summed E-state index contributed by atoms with van der Waals surface area (Å²) in [5.74, 6) is -0.349. The Kier molecular flexibility index (Phi) is 4.44. The summed E-state index contributed by atoms with van der Waals surface area (Å²) in [5.41, 5.74) is 6.48. The number of esters is 1. The number of rotatable bonds is 4. The molecule has 0 aliphatic carbocycles. The zero-order chi connectivity index (χ0) is 13.0. The van der Waals surface area contributed by atoms with Crippen LogP contribution in [0.25, 0.3) is 0 Å². The van der Waals surface area contributed by atoms with Crippen LogP contribution in [0.1, 0.15) is 23.2 Å². The van der Waals surface area contributed by atoms with Crippen molar-refractivity contribution in [3.8, 4) is 0 Å². The van der Waals surface area contributed by atoms with Gasteiger partial charge in [-0.1, -0.05) is 11.6 Å². The molecule has 98 valence electrons. The number of nitrogen functional groups attached to an aromatic ring is 1. The molecule has 1 fully saturated rings. The van der Waals surface area contributed by atoms with Gasteiger partial charge in [0.2, 0.25) is 0 Å². The topological polar surface area (TPSA) is 55.6 Å². The van der Waals surface area contributed by atoms with Gasteiger partial charge in [-0.2, -0.15) is 0 Å². The maximum Gasteiger partial charge on any atom is 0.338 e. The molecule has 2 N–H and O–H groups in total. The molecule has 0 atom stereocenters. The molecule has 0 spiro atoms. The summed E-state index contributed by atoms with van der Waals surface area (Å²) in [6, 6.07) is 4.77. The smallest absolute Gasteiger partial charge is 0.338 e. The molecule has 1 aliphatic rings. The van der Waals surface area contributed by atoms with E-state index in [2.05, 4.69) is 4.90 Å². The average Bonchev–Trinajstić information content (AvgIpc) is 2.85. The summed E-state index contributed by atoms with van der Waals surface area (Å²) in [7, 11) is 0. The third-order valence-corrected chi connectivity index (χ3v) is 3.42. The largest absolute Gasteiger partial charge is 0.461 e. The van der Waals surface area contributed by atoms with E-state index in [4.69, 9.17) is 22.1 Å². The van der Waals surface area contributed by atoms with Gasteiger partial charge in [0.1, 0.15) is 6.61 Å². The van der Waals surface area contributed by atoms with Crippen LogP contribution in [0.2, 0.25) is 5.02 Å². The standard InChI is InChI=1S/C13H17ClN2O2/c14-11-4-3-10(9-12(11)15)13(17)18-8-7-16-5-1-2-6-16/h3-4,9H,1-2,5-8,15H2. The number of carbonyl (C=O) groups is 1. The molecule has 0 radical (unpaired) electrons. The molecule has 0 amide bonds. The molecule has 18 heavy (non-hydrogen) atoms. The van der Waals surface area contributed by atoms with Crippen molar-refractivity contribution in [3.05, 3.63) is 28.8 Å². The summed E-state index contributed by atoms with van der Waals surface area (Å²) < 4.78 is 5.21. The zero-order valence-electron chi connectivity index (χ0n) is 10.2. The van der Waals surface area contributed by atoms with Crippen LogP contribution in [0.3, 0.4) is 0 Å². The molecular formula is C13H17ClN2O2. The van der Waals surface area contributed by atoms with Crippen molar-refractivity contribution < 1.29 is 9.53 Å². The van der Waals surface area contributed by atoms with Crippen LogP contribution >= 0.6 is 11.6 Å². The van der Waals surface area contributed by atoms with Gasteiger partial charge < -0.3 is 10.5 Å². The number of likely N-dealkylation sites (tertiary alicyclic amines) is 1. The highest BCUT2D eigenvalue weighted by Gasteiger charge is 2.13. The molecule has 1 aromatic rings. The number of benzene rings is 1. The van der Waals surface area contributed by atoms with Crippen LogP contribution in [0.4, 0.5) is 5.69 Å². The van der Waals surface area contributed by atoms with Crippen molar-refractivity contribution in [1.82, 2.24) is 4.90 Å². The van der Waals surface area contributed by atoms with Gasteiger partial charge in [-0.05, 0) is 44.1 Å². The molecular weight excluding hydrogens is 252 g/mol. The van der Waals surface area contributed by atoms with E-state index in [9.17, 15) is 4.79 Å². The van der Waals surface area contributed by atoms with Crippen LogP contribution in [0.5, 0.6) is 0 Å². The molecule has 5 heteroatoms. The Morgan fingerprint density at radius 3 is 2.78 bits per heavy atom. The summed E-state index contributed by atoms with van der Waals surface area (Å²) in [4.78, 5) is 14.0. The minimum absolute atomic E-state index is 0.349. The minimum atomic E-state index is -0.349. The van der Waals surface area contributed by atoms with Crippen molar-refractivity contribution in [1.29, 1.82) is 0 Å². The second-order valence-electron chi connectivity index (χ2n) is 4.42. The number of halogens is 1. The number of anilines is 1. The zero-order valence-corrected chi connectivity index (χ0v) is 10.9. The van der Waals surface area contributed by atoms with Crippen LogP contribution < -0.4 is 5.73 Å². The number of nitrogens with zero attached hydrogens (tertiary/aromatic N) is 1. The third-order valence-electron chi connectivity index (χ3n) is 3.07. The van der Waals surface area contributed by atoms with E-state index in [-0.39, 0.29) is 5.97 Å². The quantitative estimate of drug-likeness (QED) is 0.672. The van der Waals surface area contributed by atoms with Crippen molar-refractivity contribution in [2.24, 2.45) is 0 Å². The van der Waals surface area contributed by atoms with Crippen LogP contribution in [-0.2, 0) is 4.74 Å². The number of carbonyl (C=O) groups excluding carboxylic acids is 1. The molecule has 1 aliphatic heterocycles. The van der Waals surface area contributed by atoms with Crippen LogP contribution in [0.15, 0.2) is 18.2 Å². The van der Waals surface area contributed by atoms with Crippen LogP contribution in [-0.4, -0.2) is 37.1 Å². The van der Waals surface area contributed by atoms with Gasteiger partial charge in [-0.15, -0.1) is 0 Å². The molecule has 0 bridgehead atoms. The molecule has 0 saturated carbocycles. The number of hydrogen-bond donors (Lipinski definition) is 1. The van der Waals surface area contributed by atoms with E-state index >= 15 is 0 Å². The van der Waals surface area contributed by atoms with Gasteiger partial charge in [-0.25, -0.2) is 4.79 Å². The molecule has 1 heterocycles. The van der Waals surface area contributed by atoms with Gasteiger partial charge in [0.05, 0.1) is 16.3 Å². The van der Waals surface area contributed by atoms with Gasteiger partial charge >= 0.3 is 5.97 Å². The van der Waals surface area contributed by atoms with E-state index in [1.165, 1.54) is 12.8 Å². The van der Waals surface area contributed by atoms with Gasteiger partial charge in [0.25, 0.3) is 0 Å². The van der Waals surface area contributed by atoms with E-state index in [1.807, 2.05) is 0 Å². The second kappa shape index (κ2) is 6.07. The monoisotopic (exact) mass is 268 g/mol. The number of nitrogens with two attached hydrogens (primary N) is 1. The van der Waals surface area contributed by atoms with E-state index in [1.54, 1.807) is 18.2 Å². The third kappa shape index (κ3) is 3.37. The summed E-state index contributed by atoms with van der Waals surface area (Å²) in [6.07, 6.45) is 2.48. The summed E-state index contributed by atoms with van der Waals surface area (Å²) in [6.45, 7) is 3.42. The highest BCUT2D eigenvalue weighted by atomic mass is 35.5. The lowest BCUT2D eigenvalue weighted by molar-refractivity contribution is 0.0472. The summed E-state index contributed by atoms with van der Waals surface area (Å²) in [5, 5.41) is 0.448. The first-order chi connectivity index (χ1) is 8.66. The molecule has 0 unspecified atom stereocenters. The maximum atomic E-state index is 11.7. The highest BCUT2D eigenvalue weighted by Crippen LogP contribution is 2.19. The van der Waals surface area contributed by atoms with E-state index < -0.39 is 0 Å². The fourth-order valence-corrected chi connectivity index (χ4v) is 2.15. The Hall–Kier alpha value is -1.26. The van der Waals surface area contributed by atoms with Crippen molar-refractivity contribution in [3.63, 3.8) is 0 Å². The lowest BCUT2D eigenvalue weighted by Crippen LogP contribution is -2.25. The lowest BCUT2D eigenvalue weighted by Gasteiger charge is -2.14. The number of ether oxygens (including phenoxy) is 1. The summed E-state index contributed by atoms with van der Waals surface area (Å²) >= 11 is 5.79. The predicted molar refractivity (Wildman–Crippen MR) is 71.8 cm³/mol. The van der Waals surface area contributed by atoms with E-state index in [0.717, 1.165) is 19.6 Å². The van der Waals surface area contributed by atoms with Crippen molar-refractivity contribution in [2.45, 2.75) is 12.8 Å². The predicted octanol–water partition coefficient (Wildman–Crippen LogP) is 2.17. The van der Waals surface area contributed by atoms with E-state index in [0.29, 0.717) is 22.9 Å². The first kappa shape index (κ1) is 13.2. The Morgan fingerprint density at radius 1 is 1.39 bits per heavy atom. The molecule has 4 nitrogen and oxygen atoms in total. The Morgan fingerprint density at radius 2 is 2.11 bits per heavy atom. The Balaban J connectivity index is 1.81. The van der Waals surface area contributed by atoms with Gasteiger partial charge in [-0.3, -0.25) is 4.90 Å². The van der Waals surface area contributed by atoms with Crippen LogP contribution in [0, 0.1) is 0 Å². The molecule has 0 aromatic heterocycles. The van der Waals surface area contributed by atoms with Gasteiger partial charge in [0.15, 0.2) is 0 Å². The SMILES string of the molecule is Nc1cc(C(=O)OCCN2CCCC2)ccc1Cl.